The number of halogens is 1. The molecule has 15 heavy (non-hydrogen) atoms. The maximum Gasteiger partial charge on any atom is 0.215 e. The summed E-state index contributed by atoms with van der Waals surface area (Å²) in [7, 11) is -3.29. The Hall–Kier alpha value is -0.310. The molecule has 0 radical (unpaired) electrons. The Morgan fingerprint density at radius 3 is 2.47 bits per heavy atom. The number of sulfonamides is 1. The average Bonchev–Trinajstić information content (AvgIpc) is 2.11. The van der Waals surface area contributed by atoms with Crippen LogP contribution in [0.15, 0.2) is 0 Å². The standard InChI is InChI=1S/C9H17ClN2O2S/c1-9(2)8-12(6-3-5-11)15(13,14)7-4-10/h9H,3-4,6-8H2,1-2H3. The fourth-order valence-corrected chi connectivity index (χ4v) is 3.09. The molecule has 0 aromatic rings. The van der Waals surface area contributed by atoms with Crippen LogP contribution in [0.25, 0.3) is 0 Å². The lowest BCUT2D eigenvalue weighted by Crippen LogP contribution is -2.37. The first-order valence-corrected chi connectivity index (χ1v) is 6.99. The predicted octanol–water partition coefficient (Wildman–Crippen LogP) is 1.43. The van der Waals surface area contributed by atoms with Crippen LogP contribution >= 0.6 is 11.6 Å². The van der Waals surface area contributed by atoms with E-state index < -0.39 is 10.0 Å². The normalized spacial score (nSPS) is 12.0. The fourth-order valence-electron chi connectivity index (χ4n) is 1.15. The Labute approximate surface area is 96.9 Å². The Bertz CT molecular complexity index is 309. The van der Waals surface area contributed by atoms with Gasteiger partial charge < -0.3 is 0 Å². The summed E-state index contributed by atoms with van der Waals surface area (Å²) in [4.78, 5) is 0. The zero-order chi connectivity index (χ0) is 11.9. The molecule has 0 bridgehead atoms. The van der Waals surface area contributed by atoms with Crippen LogP contribution in [0.1, 0.15) is 20.3 Å². The molecule has 0 fully saturated rings. The fraction of sp³-hybridized carbons (Fsp3) is 0.889. The van der Waals surface area contributed by atoms with Gasteiger partial charge in [0.2, 0.25) is 10.0 Å². The number of hydrogen-bond donors (Lipinski definition) is 0. The molecule has 0 spiro atoms. The second-order valence-corrected chi connectivity index (χ2v) is 6.13. The van der Waals surface area contributed by atoms with Crippen LogP contribution in [0, 0.1) is 17.2 Å². The van der Waals surface area contributed by atoms with Crippen LogP contribution in [0.4, 0.5) is 0 Å². The first-order chi connectivity index (χ1) is 6.94. The number of alkyl halides is 1. The summed E-state index contributed by atoms with van der Waals surface area (Å²) in [5.41, 5.74) is 0. The van der Waals surface area contributed by atoms with Crippen molar-refractivity contribution in [2.24, 2.45) is 5.92 Å². The van der Waals surface area contributed by atoms with E-state index in [0.717, 1.165) is 0 Å². The Balaban J connectivity index is 4.54. The molecule has 0 unspecified atom stereocenters. The first kappa shape index (κ1) is 14.7. The zero-order valence-corrected chi connectivity index (χ0v) is 10.7. The van der Waals surface area contributed by atoms with Gasteiger partial charge in [0.15, 0.2) is 0 Å². The summed E-state index contributed by atoms with van der Waals surface area (Å²) < 4.78 is 24.8. The average molecular weight is 253 g/mol. The highest BCUT2D eigenvalue weighted by molar-refractivity contribution is 7.89. The van der Waals surface area contributed by atoms with Crippen molar-refractivity contribution >= 4 is 21.6 Å². The van der Waals surface area contributed by atoms with E-state index in [-0.39, 0.29) is 30.5 Å². The number of rotatable bonds is 7. The van der Waals surface area contributed by atoms with E-state index in [1.54, 1.807) is 0 Å². The van der Waals surface area contributed by atoms with Crippen LogP contribution in [-0.2, 0) is 10.0 Å². The third kappa shape index (κ3) is 5.98. The largest absolute Gasteiger partial charge is 0.215 e. The van der Waals surface area contributed by atoms with Crippen molar-refractivity contribution in [2.45, 2.75) is 20.3 Å². The van der Waals surface area contributed by atoms with Gasteiger partial charge >= 0.3 is 0 Å². The van der Waals surface area contributed by atoms with Crippen LogP contribution in [0.5, 0.6) is 0 Å². The van der Waals surface area contributed by atoms with Gasteiger partial charge in [0, 0.05) is 25.4 Å². The second kappa shape index (κ2) is 7.04. The van der Waals surface area contributed by atoms with Crippen molar-refractivity contribution < 1.29 is 8.42 Å². The third-order valence-electron chi connectivity index (χ3n) is 1.77. The molecule has 6 heteroatoms. The quantitative estimate of drug-likeness (QED) is 0.644. The first-order valence-electron chi connectivity index (χ1n) is 4.84. The molecule has 0 aromatic heterocycles. The second-order valence-electron chi connectivity index (χ2n) is 3.66. The minimum atomic E-state index is -3.29. The summed E-state index contributed by atoms with van der Waals surface area (Å²) >= 11 is 5.43. The van der Waals surface area contributed by atoms with Gasteiger partial charge in [0.05, 0.1) is 11.8 Å². The van der Waals surface area contributed by atoms with Crippen molar-refractivity contribution in [3.8, 4) is 6.07 Å². The predicted molar refractivity (Wildman–Crippen MR) is 61.1 cm³/mol. The molecule has 0 amide bonds. The zero-order valence-electron chi connectivity index (χ0n) is 9.11. The Kier molecular flexibility index (Phi) is 6.90. The molecule has 0 heterocycles. The summed E-state index contributed by atoms with van der Waals surface area (Å²) in [6, 6.07) is 1.95. The van der Waals surface area contributed by atoms with Gasteiger partial charge in [-0.3, -0.25) is 0 Å². The van der Waals surface area contributed by atoms with E-state index in [0.29, 0.717) is 6.54 Å². The van der Waals surface area contributed by atoms with Gasteiger partial charge in [-0.05, 0) is 5.92 Å². The Morgan fingerprint density at radius 1 is 1.47 bits per heavy atom. The van der Waals surface area contributed by atoms with E-state index in [9.17, 15) is 8.42 Å². The molecule has 0 aliphatic carbocycles. The number of nitrogens with zero attached hydrogens (tertiary/aromatic N) is 2. The summed E-state index contributed by atoms with van der Waals surface area (Å²) in [5, 5.41) is 8.45. The number of hydrogen-bond acceptors (Lipinski definition) is 3. The topological polar surface area (TPSA) is 61.2 Å². The van der Waals surface area contributed by atoms with Crippen molar-refractivity contribution in [3.05, 3.63) is 0 Å². The van der Waals surface area contributed by atoms with Gasteiger partial charge in [-0.25, -0.2) is 12.7 Å². The molecule has 0 atom stereocenters. The molecule has 0 aliphatic rings. The molecule has 88 valence electrons. The van der Waals surface area contributed by atoms with Crippen LogP contribution in [0.3, 0.4) is 0 Å². The lowest BCUT2D eigenvalue weighted by Gasteiger charge is -2.22. The van der Waals surface area contributed by atoms with Gasteiger partial charge in [-0.1, -0.05) is 13.8 Å². The lowest BCUT2D eigenvalue weighted by atomic mass is 10.2. The van der Waals surface area contributed by atoms with Crippen molar-refractivity contribution in [1.29, 1.82) is 5.26 Å². The van der Waals surface area contributed by atoms with E-state index >= 15 is 0 Å². The molecule has 0 aliphatic heterocycles. The molecule has 0 N–H and O–H groups in total. The SMILES string of the molecule is CC(C)CN(CCC#N)S(=O)(=O)CCCl. The minimum absolute atomic E-state index is 0.0628. The van der Waals surface area contributed by atoms with Crippen molar-refractivity contribution in [1.82, 2.24) is 4.31 Å². The summed E-state index contributed by atoms with van der Waals surface area (Å²) in [6.07, 6.45) is 0.217. The molecule has 0 saturated carbocycles. The molecule has 0 saturated heterocycles. The van der Waals surface area contributed by atoms with E-state index in [1.807, 2.05) is 19.9 Å². The lowest BCUT2D eigenvalue weighted by molar-refractivity contribution is 0.373. The highest BCUT2D eigenvalue weighted by atomic mass is 35.5. The molecule has 0 rings (SSSR count). The highest BCUT2D eigenvalue weighted by Gasteiger charge is 2.21. The van der Waals surface area contributed by atoms with Crippen molar-refractivity contribution in [2.75, 3.05) is 24.7 Å². The summed E-state index contributed by atoms with van der Waals surface area (Å²) in [5.74, 6) is 0.268. The highest BCUT2D eigenvalue weighted by Crippen LogP contribution is 2.07. The van der Waals surface area contributed by atoms with Crippen LogP contribution in [-0.4, -0.2) is 37.4 Å². The minimum Gasteiger partial charge on any atom is -0.212 e. The maximum absolute atomic E-state index is 11.7. The van der Waals surface area contributed by atoms with Crippen LogP contribution < -0.4 is 0 Å². The van der Waals surface area contributed by atoms with Gasteiger partial charge in [-0.2, -0.15) is 5.26 Å². The molecular formula is C9H17ClN2O2S. The molecular weight excluding hydrogens is 236 g/mol. The monoisotopic (exact) mass is 252 g/mol. The van der Waals surface area contributed by atoms with E-state index in [1.165, 1.54) is 4.31 Å². The van der Waals surface area contributed by atoms with E-state index in [2.05, 4.69) is 0 Å². The van der Waals surface area contributed by atoms with Gasteiger partial charge in [0.25, 0.3) is 0 Å². The molecule has 4 nitrogen and oxygen atoms in total. The summed E-state index contributed by atoms with van der Waals surface area (Å²) in [6.45, 7) is 4.58. The van der Waals surface area contributed by atoms with Crippen molar-refractivity contribution in [3.63, 3.8) is 0 Å². The van der Waals surface area contributed by atoms with Gasteiger partial charge in [-0.15, -0.1) is 11.6 Å². The smallest absolute Gasteiger partial charge is 0.212 e. The van der Waals surface area contributed by atoms with E-state index in [4.69, 9.17) is 16.9 Å². The van der Waals surface area contributed by atoms with Crippen LogP contribution in [0.2, 0.25) is 0 Å². The Morgan fingerprint density at radius 2 is 2.07 bits per heavy atom. The number of nitriles is 1. The third-order valence-corrected chi connectivity index (χ3v) is 4.02. The van der Waals surface area contributed by atoms with Gasteiger partial charge in [0.1, 0.15) is 0 Å². The molecule has 0 aromatic carbocycles. The maximum atomic E-state index is 11.7.